The number of hydrogen-bond acceptors (Lipinski definition) is 1. The molecule has 3 atom stereocenters. The van der Waals surface area contributed by atoms with Crippen molar-refractivity contribution in [3.63, 3.8) is 0 Å². The van der Waals surface area contributed by atoms with Crippen LogP contribution >= 0.6 is 0 Å². The van der Waals surface area contributed by atoms with Gasteiger partial charge in [-0.25, -0.2) is 0 Å². The Bertz CT molecular complexity index is 149. The van der Waals surface area contributed by atoms with Gasteiger partial charge in [-0.15, -0.1) is 0 Å². The van der Waals surface area contributed by atoms with Crippen molar-refractivity contribution in [1.29, 1.82) is 0 Å². The number of hydrogen-bond donors (Lipinski definition) is 0. The van der Waals surface area contributed by atoms with E-state index in [4.69, 9.17) is 4.74 Å². The maximum absolute atomic E-state index is 5.51. The Morgan fingerprint density at radius 2 is 1.91 bits per heavy atom. The first kappa shape index (κ1) is 7.60. The molecule has 0 amide bonds. The van der Waals surface area contributed by atoms with Crippen LogP contribution in [0, 0.1) is 11.8 Å². The summed E-state index contributed by atoms with van der Waals surface area (Å²) in [5.41, 5.74) is 0.292. The van der Waals surface area contributed by atoms with E-state index in [0.29, 0.717) is 5.60 Å². The van der Waals surface area contributed by atoms with E-state index in [1.165, 1.54) is 25.7 Å². The molecule has 0 radical (unpaired) electrons. The van der Waals surface area contributed by atoms with Crippen molar-refractivity contribution in [2.45, 2.75) is 45.1 Å². The molecule has 11 heavy (non-hydrogen) atoms. The van der Waals surface area contributed by atoms with Crippen LogP contribution in [0.4, 0.5) is 0 Å². The topological polar surface area (TPSA) is 12.5 Å². The predicted molar refractivity (Wildman–Crippen MR) is 45.5 cm³/mol. The second kappa shape index (κ2) is 2.48. The van der Waals surface area contributed by atoms with Gasteiger partial charge in [0.05, 0.1) is 12.2 Å². The lowest BCUT2D eigenvalue weighted by Gasteiger charge is -2.31. The Hall–Kier alpha value is -0.0400. The van der Waals surface area contributed by atoms with Gasteiger partial charge in [0, 0.05) is 0 Å². The third-order valence-corrected chi connectivity index (χ3v) is 3.50. The highest BCUT2D eigenvalue weighted by atomic mass is 16.6. The molecule has 2 aliphatic rings. The molecule has 1 aliphatic carbocycles. The molecule has 2 rings (SSSR count). The van der Waals surface area contributed by atoms with E-state index in [-0.39, 0.29) is 0 Å². The molecule has 1 saturated heterocycles. The van der Waals surface area contributed by atoms with Gasteiger partial charge >= 0.3 is 0 Å². The molecule has 1 saturated carbocycles. The van der Waals surface area contributed by atoms with Gasteiger partial charge in [0.15, 0.2) is 0 Å². The summed E-state index contributed by atoms with van der Waals surface area (Å²) >= 11 is 0. The van der Waals surface area contributed by atoms with E-state index in [0.717, 1.165) is 18.4 Å². The number of ether oxygens (including phenoxy) is 1. The zero-order valence-corrected chi connectivity index (χ0v) is 7.60. The summed E-state index contributed by atoms with van der Waals surface area (Å²) in [5.74, 6) is 1.76. The second-order valence-electron chi connectivity index (χ2n) is 4.47. The van der Waals surface area contributed by atoms with Crippen LogP contribution in [0.5, 0.6) is 0 Å². The van der Waals surface area contributed by atoms with Crippen molar-refractivity contribution in [3.05, 3.63) is 0 Å². The Labute approximate surface area is 69.1 Å². The highest BCUT2D eigenvalue weighted by Crippen LogP contribution is 2.45. The van der Waals surface area contributed by atoms with Gasteiger partial charge in [0.1, 0.15) is 0 Å². The van der Waals surface area contributed by atoms with E-state index in [1.54, 1.807) is 0 Å². The molecule has 3 unspecified atom stereocenters. The van der Waals surface area contributed by atoms with E-state index in [2.05, 4.69) is 13.8 Å². The first-order valence-corrected chi connectivity index (χ1v) is 4.86. The fourth-order valence-electron chi connectivity index (χ4n) is 2.55. The minimum absolute atomic E-state index is 0.292. The first-order valence-electron chi connectivity index (χ1n) is 4.86. The molecule has 0 N–H and O–H groups in total. The molecule has 64 valence electrons. The van der Waals surface area contributed by atoms with Crippen molar-refractivity contribution in [2.75, 3.05) is 6.61 Å². The zero-order chi connectivity index (χ0) is 7.90. The Morgan fingerprint density at radius 3 is 2.45 bits per heavy atom. The van der Waals surface area contributed by atoms with Crippen LogP contribution in [0.2, 0.25) is 0 Å². The molecular weight excluding hydrogens is 136 g/mol. The van der Waals surface area contributed by atoms with Gasteiger partial charge in [-0.05, 0) is 25.2 Å². The molecular formula is C10H18O. The normalized spacial score (nSPS) is 50.7. The lowest BCUT2D eigenvalue weighted by molar-refractivity contribution is 0.138. The summed E-state index contributed by atoms with van der Waals surface area (Å²) in [7, 11) is 0. The molecule has 1 heteroatoms. The summed E-state index contributed by atoms with van der Waals surface area (Å²) in [6, 6.07) is 0. The Kier molecular flexibility index (Phi) is 1.71. The fourth-order valence-corrected chi connectivity index (χ4v) is 2.55. The van der Waals surface area contributed by atoms with E-state index < -0.39 is 0 Å². The van der Waals surface area contributed by atoms with Crippen LogP contribution in [0.25, 0.3) is 0 Å². The zero-order valence-electron chi connectivity index (χ0n) is 7.60. The first-order chi connectivity index (χ1) is 5.22. The highest BCUT2D eigenvalue weighted by molar-refractivity contribution is 4.97. The van der Waals surface area contributed by atoms with Gasteiger partial charge in [-0.2, -0.15) is 0 Å². The molecule has 0 aromatic heterocycles. The third-order valence-electron chi connectivity index (χ3n) is 3.50. The van der Waals surface area contributed by atoms with Gasteiger partial charge in [-0.3, -0.25) is 0 Å². The molecule has 1 aliphatic heterocycles. The molecule has 0 bridgehead atoms. The van der Waals surface area contributed by atoms with Crippen LogP contribution in [-0.4, -0.2) is 12.2 Å². The van der Waals surface area contributed by atoms with Crippen molar-refractivity contribution < 1.29 is 4.74 Å². The van der Waals surface area contributed by atoms with Gasteiger partial charge < -0.3 is 4.74 Å². The average Bonchev–Trinajstić information content (AvgIpc) is 2.70. The van der Waals surface area contributed by atoms with Crippen LogP contribution in [-0.2, 0) is 4.74 Å². The van der Waals surface area contributed by atoms with Gasteiger partial charge in [-0.1, -0.05) is 26.2 Å². The van der Waals surface area contributed by atoms with Gasteiger partial charge in [0.2, 0.25) is 0 Å². The number of epoxide rings is 1. The summed E-state index contributed by atoms with van der Waals surface area (Å²) in [6.45, 7) is 5.68. The standard InChI is InChI=1S/C10H18O/c1-8-5-3-4-6-9(8)10(2)7-11-10/h8-9H,3-7H2,1-2H3. The smallest absolute Gasteiger partial charge is 0.0919 e. The Morgan fingerprint density at radius 1 is 1.27 bits per heavy atom. The highest BCUT2D eigenvalue weighted by Gasteiger charge is 2.49. The monoisotopic (exact) mass is 154 g/mol. The van der Waals surface area contributed by atoms with Gasteiger partial charge in [0.25, 0.3) is 0 Å². The summed E-state index contributed by atoms with van der Waals surface area (Å²) in [5, 5.41) is 0. The van der Waals surface area contributed by atoms with Crippen LogP contribution in [0.15, 0.2) is 0 Å². The SMILES string of the molecule is CC1CCCCC1C1(C)CO1. The molecule has 2 fully saturated rings. The Balaban J connectivity index is 1.99. The molecule has 0 spiro atoms. The van der Waals surface area contributed by atoms with Crippen molar-refractivity contribution >= 4 is 0 Å². The largest absolute Gasteiger partial charge is 0.370 e. The summed E-state index contributed by atoms with van der Waals surface area (Å²) in [6.07, 6.45) is 5.68. The predicted octanol–water partition coefficient (Wildman–Crippen LogP) is 2.60. The van der Waals surface area contributed by atoms with E-state index in [1.807, 2.05) is 0 Å². The van der Waals surface area contributed by atoms with Crippen LogP contribution < -0.4 is 0 Å². The van der Waals surface area contributed by atoms with Crippen molar-refractivity contribution in [1.82, 2.24) is 0 Å². The minimum atomic E-state index is 0.292. The minimum Gasteiger partial charge on any atom is -0.370 e. The van der Waals surface area contributed by atoms with E-state index >= 15 is 0 Å². The van der Waals surface area contributed by atoms with Crippen molar-refractivity contribution in [3.8, 4) is 0 Å². The van der Waals surface area contributed by atoms with Crippen molar-refractivity contribution in [2.24, 2.45) is 11.8 Å². The molecule has 0 aromatic rings. The summed E-state index contributed by atoms with van der Waals surface area (Å²) in [4.78, 5) is 0. The lowest BCUT2D eigenvalue weighted by atomic mass is 9.74. The molecule has 0 aromatic carbocycles. The fraction of sp³-hybridized carbons (Fsp3) is 1.00. The third kappa shape index (κ3) is 1.31. The van der Waals surface area contributed by atoms with E-state index in [9.17, 15) is 0 Å². The lowest BCUT2D eigenvalue weighted by Crippen LogP contribution is -2.29. The maximum Gasteiger partial charge on any atom is 0.0919 e. The average molecular weight is 154 g/mol. The number of rotatable bonds is 1. The quantitative estimate of drug-likeness (QED) is 0.529. The van der Waals surface area contributed by atoms with Crippen LogP contribution in [0.3, 0.4) is 0 Å². The maximum atomic E-state index is 5.51. The second-order valence-corrected chi connectivity index (χ2v) is 4.47. The van der Waals surface area contributed by atoms with Crippen LogP contribution in [0.1, 0.15) is 39.5 Å². The summed E-state index contributed by atoms with van der Waals surface area (Å²) < 4.78 is 5.51. The molecule has 1 nitrogen and oxygen atoms in total. The molecule has 1 heterocycles.